The van der Waals surface area contributed by atoms with Crippen molar-refractivity contribution in [2.45, 2.75) is 18.9 Å². The normalized spacial score (nSPS) is 17.0. The summed E-state index contributed by atoms with van der Waals surface area (Å²) >= 11 is 1.38. The maximum atomic E-state index is 13.7. The van der Waals surface area contributed by atoms with Crippen LogP contribution >= 0.6 is 11.3 Å². The molecule has 6 nitrogen and oxygen atoms in total. The average Bonchev–Trinajstić information content (AvgIpc) is 3.50. The Morgan fingerprint density at radius 2 is 1.91 bits per heavy atom. The Morgan fingerprint density at radius 3 is 2.71 bits per heavy atom. The minimum atomic E-state index is -0.279. The van der Waals surface area contributed by atoms with Crippen LogP contribution in [-0.2, 0) is 6.42 Å². The molecule has 2 aromatic carbocycles. The van der Waals surface area contributed by atoms with Gasteiger partial charge in [-0.3, -0.25) is 9.36 Å². The van der Waals surface area contributed by atoms with Gasteiger partial charge >= 0.3 is 0 Å². The molecular formula is C27H22N2O4S. The monoisotopic (exact) mass is 470 g/mol. The van der Waals surface area contributed by atoms with Crippen LogP contribution in [0.2, 0.25) is 0 Å². The molecular weight excluding hydrogens is 448 g/mol. The van der Waals surface area contributed by atoms with Gasteiger partial charge in [-0.2, -0.15) is 0 Å². The van der Waals surface area contributed by atoms with Gasteiger partial charge in [0, 0.05) is 11.6 Å². The number of allylic oxidation sites excluding steroid dienone is 1. The van der Waals surface area contributed by atoms with Crippen molar-refractivity contribution in [3.05, 3.63) is 109 Å². The lowest BCUT2D eigenvalue weighted by atomic mass is 9.83. The van der Waals surface area contributed by atoms with Gasteiger partial charge < -0.3 is 13.9 Å². The second-order valence-corrected chi connectivity index (χ2v) is 9.25. The molecule has 0 saturated heterocycles. The van der Waals surface area contributed by atoms with Gasteiger partial charge in [0.25, 0.3) is 5.56 Å². The fourth-order valence-corrected chi connectivity index (χ4v) is 5.83. The third kappa shape index (κ3) is 3.23. The zero-order valence-electron chi connectivity index (χ0n) is 18.8. The molecule has 0 spiro atoms. The van der Waals surface area contributed by atoms with Gasteiger partial charge in [0.1, 0.15) is 5.76 Å². The summed E-state index contributed by atoms with van der Waals surface area (Å²) in [6.45, 7) is 0. The predicted molar refractivity (Wildman–Crippen MR) is 131 cm³/mol. The molecule has 3 heterocycles. The number of rotatable bonds is 4. The van der Waals surface area contributed by atoms with Crippen molar-refractivity contribution in [3.63, 3.8) is 0 Å². The number of aromatic nitrogens is 1. The van der Waals surface area contributed by atoms with Crippen molar-refractivity contribution in [1.82, 2.24) is 4.57 Å². The summed E-state index contributed by atoms with van der Waals surface area (Å²) < 4.78 is 18.9. The fraction of sp³-hybridized carbons (Fsp3) is 0.185. The lowest BCUT2D eigenvalue weighted by Gasteiger charge is -2.31. The molecule has 0 bridgehead atoms. The molecule has 34 heavy (non-hydrogen) atoms. The zero-order valence-corrected chi connectivity index (χ0v) is 19.6. The van der Waals surface area contributed by atoms with E-state index < -0.39 is 0 Å². The fourth-order valence-electron chi connectivity index (χ4n) is 4.85. The van der Waals surface area contributed by atoms with E-state index >= 15 is 0 Å². The second-order valence-electron chi connectivity index (χ2n) is 8.24. The molecule has 1 aliphatic heterocycles. The van der Waals surface area contributed by atoms with Crippen molar-refractivity contribution < 1.29 is 13.9 Å². The highest BCUT2D eigenvalue weighted by atomic mass is 32.1. The smallest absolute Gasteiger partial charge is 0.271 e. The second kappa shape index (κ2) is 8.18. The van der Waals surface area contributed by atoms with E-state index in [0.29, 0.717) is 26.6 Å². The van der Waals surface area contributed by atoms with Crippen LogP contribution in [0.4, 0.5) is 0 Å². The van der Waals surface area contributed by atoms with Gasteiger partial charge in [-0.15, -0.1) is 0 Å². The molecule has 0 N–H and O–H groups in total. The molecule has 2 aliphatic rings. The first-order valence-corrected chi connectivity index (χ1v) is 11.9. The Hall–Kier alpha value is -3.84. The van der Waals surface area contributed by atoms with E-state index in [-0.39, 0.29) is 11.6 Å². The first kappa shape index (κ1) is 20.7. The Bertz CT molecular complexity index is 1610. The zero-order chi connectivity index (χ0) is 23.2. The van der Waals surface area contributed by atoms with Crippen molar-refractivity contribution in [2.24, 2.45) is 4.99 Å². The largest absolute Gasteiger partial charge is 0.493 e. The number of thiazole rings is 1. The number of fused-ring (bicyclic) bond motifs is 3. The van der Waals surface area contributed by atoms with Crippen LogP contribution < -0.4 is 24.4 Å². The number of furan rings is 1. The van der Waals surface area contributed by atoms with E-state index in [1.165, 1.54) is 16.9 Å². The van der Waals surface area contributed by atoms with Crippen molar-refractivity contribution in [1.29, 1.82) is 0 Å². The van der Waals surface area contributed by atoms with Crippen LogP contribution in [0.1, 0.15) is 34.9 Å². The van der Waals surface area contributed by atoms with Crippen molar-refractivity contribution in [3.8, 4) is 11.5 Å². The van der Waals surface area contributed by atoms with E-state index in [2.05, 4.69) is 18.2 Å². The standard InChI is InChI=1S/C27H22N2O4S/c1-31-21-12-10-17(14-22(21)32-2)25-20-11-9-16-6-3-4-8-19(16)24(20)28-27-29(25)26(30)23(34-27)15-18-7-5-13-33-18/h3-8,10,12-15,25H,9,11H2,1-2H3/b23-15-/t25-/m0/s1. The van der Waals surface area contributed by atoms with Crippen LogP contribution in [0, 0.1) is 0 Å². The average molecular weight is 471 g/mol. The van der Waals surface area contributed by atoms with Gasteiger partial charge in [0.2, 0.25) is 0 Å². The summed E-state index contributed by atoms with van der Waals surface area (Å²) in [5.74, 6) is 1.93. The molecule has 7 heteroatoms. The van der Waals surface area contributed by atoms with Crippen LogP contribution in [-0.4, -0.2) is 18.8 Å². The molecule has 2 aromatic heterocycles. The van der Waals surface area contributed by atoms with Crippen LogP contribution in [0.15, 0.2) is 80.6 Å². The first-order chi connectivity index (χ1) is 16.7. The molecule has 0 radical (unpaired) electrons. The molecule has 170 valence electrons. The van der Waals surface area contributed by atoms with Gasteiger partial charge in [-0.25, -0.2) is 4.99 Å². The summed E-state index contributed by atoms with van der Waals surface area (Å²) in [5, 5.41) is 0. The summed E-state index contributed by atoms with van der Waals surface area (Å²) in [5.41, 5.74) is 5.41. The molecule has 0 unspecified atom stereocenters. The highest BCUT2D eigenvalue weighted by Crippen LogP contribution is 2.42. The van der Waals surface area contributed by atoms with Crippen LogP contribution in [0.5, 0.6) is 11.5 Å². The van der Waals surface area contributed by atoms with Crippen molar-refractivity contribution >= 4 is 23.1 Å². The molecule has 1 atom stereocenters. The van der Waals surface area contributed by atoms with E-state index in [0.717, 1.165) is 35.2 Å². The number of aryl methyl sites for hydroxylation is 1. The lowest BCUT2D eigenvalue weighted by Crippen LogP contribution is -2.38. The Kier molecular flexibility index (Phi) is 4.99. The predicted octanol–water partition coefficient (Wildman–Crippen LogP) is 3.93. The number of methoxy groups -OCH3 is 2. The molecule has 0 fully saturated rings. The highest BCUT2D eigenvalue weighted by Gasteiger charge is 2.33. The number of ether oxygens (including phenoxy) is 2. The Balaban J connectivity index is 1.64. The third-order valence-corrected chi connectivity index (χ3v) is 7.40. The SMILES string of the molecule is COc1ccc([C@H]2C3=C(N=c4s/c(=C\c5ccco5)c(=O)n42)c2ccccc2CC3)cc1OC. The van der Waals surface area contributed by atoms with Gasteiger partial charge in [0.05, 0.1) is 36.8 Å². The minimum absolute atomic E-state index is 0.0784. The van der Waals surface area contributed by atoms with Crippen molar-refractivity contribution in [2.75, 3.05) is 14.2 Å². The summed E-state index contributed by atoms with van der Waals surface area (Å²) in [7, 11) is 3.24. The number of benzene rings is 2. The maximum Gasteiger partial charge on any atom is 0.271 e. The van der Waals surface area contributed by atoms with Crippen LogP contribution in [0.25, 0.3) is 11.8 Å². The Morgan fingerprint density at radius 1 is 1.06 bits per heavy atom. The summed E-state index contributed by atoms with van der Waals surface area (Å²) in [4.78, 5) is 19.4. The summed E-state index contributed by atoms with van der Waals surface area (Å²) in [6.07, 6.45) is 5.12. The van der Waals surface area contributed by atoms with Gasteiger partial charge in [0.15, 0.2) is 16.3 Å². The maximum absolute atomic E-state index is 13.7. The third-order valence-electron chi connectivity index (χ3n) is 6.41. The number of nitrogens with zero attached hydrogens (tertiary/aromatic N) is 2. The highest BCUT2D eigenvalue weighted by molar-refractivity contribution is 7.07. The molecule has 6 rings (SSSR count). The molecule has 0 saturated carbocycles. The van der Waals surface area contributed by atoms with E-state index in [1.54, 1.807) is 26.6 Å². The quantitative estimate of drug-likeness (QED) is 0.453. The van der Waals surface area contributed by atoms with Gasteiger partial charge in [-0.05, 0) is 53.8 Å². The van der Waals surface area contributed by atoms with Crippen LogP contribution in [0.3, 0.4) is 0 Å². The van der Waals surface area contributed by atoms with E-state index in [9.17, 15) is 4.79 Å². The molecule has 0 amide bonds. The number of hydrogen-bond donors (Lipinski definition) is 0. The van der Waals surface area contributed by atoms with Gasteiger partial charge in [-0.1, -0.05) is 41.7 Å². The first-order valence-electron chi connectivity index (χ1n) is 11.1. The molecule has 1 aliphatic carbocycles. The molecule has 4 aromatic rings. The van der Waals surface area contributed by atoms with E-state index in [4.69, 9.17) is 18.9 Å². The van der Waals surface area contributed by atoms with E-state index in [1.807, 2.05) is 41.0 Å². The topological polar surface area (TPSA) is 66.0 Å². The number of hydrogen-bond acceptors (Lipinski definition) is 6. The summed E-state index contributed by atoms with van der Waals surface area (Å²) in [6, 6.07) is 17.6. The minimum Gasteiger partial charge on any atom is -0.493 e. The Labute approximate surface area is 199 Å². The lowest BCUT2D eigenvalue weighted by molar-refractivity contribution is 0.354.